The summed E-state index contributed by atoms with van der Waals surface area (Å²) in [5.41, 5.74) is 0.767. The molecular weight excluding hydrogens is 278 g/mol. The Kier molecular flexibility index (Phi) is 8.88. The van der Waals surface area contributed by atoms with E-state index in [0.29, 0.717) is 18.7 Å². The summed E-state index contributed by atoms with van der Waals surface area (Å²) in [7, 11) is 0. The molecule has 0 aliphatic rings. The largest absolute Gasteiger partial charge is 0.352 e. The van der Waals surface area contributed by atoms with Gasteiger partial charge in [0.2, 0.25) is 0 Å². The normalized spacial score (nSPS) is 10.3. The lowest BCUT2D eigenvalue weighted by atomic mass is 10.2. The maximum atomic E-state index is 12.0. The Bertz CT molecular complexity index is 435. The quantitative estimate of drug-likeness (QED) is 0.653. The molecule has 1 aromatic rings. The summed E-state index contributed by atoms with van der Waals surface area (Å²) in [6.07, 6.45) is 7.85. The summed E-state index contributed by atoms with van der Waals surface area (Å²) in [5, 5.41) is 5.69. The summed E-state index contributed by atoms with van der Waals surface area (Å²) >= 11 is 0. The molecule has 0 aliphatic carbocycles. The highest BCUT2D eigenvalue weighted by atomic mass is 16.2. The number of nitrogens with zero attached hydrogens (tertiary/aromatic N) is 1. The zero-order chi connectivity index (χ0) is 16.2. The Morgan fingerprint density at radius 3 is 2.14 bits per heavy atom. The Morgan fingerprint density at radius 2 is 1.55 bits per heavy atom. The van der Waals surface area contributed by atoms with Gasteiger partial charge in [0.1, 0.15) is 5.69 Å². The van der Waals surface area contributed by atoms with Crippen LogP contribution in [0.2, 0.25) is 0 Å². The second-order valence-electron chi connectivity index (χ2n) is 5.36. The molecule has 0 unspecified atom stereocenters. The Morgan fingerprint density at radius 1 is 0.955 bits per heavy atom. The van der Waals surface area contributed by atoms with Crippen LogP contribution in [0.15, 0.2) is 18.3 Å². The van der Waals surface area contributed by atoms with Crippen LogP contribution in [0.3, 0.4) is 0 Å². The molecule has 0 bridgehead atoms. The van der Waals surface area contributed by atoms with Gasteiger partial charge in [-0.2, -0.15) is 0 Å². The zero-order valence-electron chi connectivity index (χ0n) is 13.7. The van der Waals surface area contributed by atoms with Crippen molar-refractivity contribution in [3.05, 3.63) is 29.6 Å². The second-order valence-corrected chi connectivity index (χ2v) is 5.36. The molecule has 0 saturated heterocycles. The van der Waals surface area contributed by atoms with Crippen LogP contribution in [-0.4, -0.2) is 29.9 Å². The number of nitrogens with one attached hydrogen (secondary N) is 2. The van der Waals surface area contributed by atoms with Gasteiger partial charge in [-0.3, -0.25) is 14.6 Å². The zero-order valence-corrected chi connectivity index (χ0v) is 13.7. The SMILES string of the molecule is CCCCCNC(=O)c1ccnc(C(=O)NCCCCC)c1. The van der Waals surface area contributed by atoms with Gasteiger partial charge in [0.05, 0.1) is 0 Å². The molecule has 0 fully saturated rings. The van der Waals surface area contributed by atoms with Crippen LogP contribution in [0, 0.1) is 0 Å². The van der Waals surface area contributed by atoms with E-state index in [1.807, 2.05) is 0 Å². The highest BCUT2D eigenvalue weighted by molar-refractivity contribution is 5.98. The van der Waals surface area contributed by atoms with Gasteiger partial charge in [-0.1, -0.05) is 39.5 Å². The number of pyridine rings is 1. The number of rotatable bonds is 10. The molecule has 0 spiro atoms. The van der Waals surface area contributed by atoms with Gasteiger partial charge < -0.3 is 10.6 Å². The van der Waals surface area contributed by atoms with Crippen molar-refractivity contribution in [1.82, 2.24) is 15.6 Å². The van der Waals surface area contributed by atoms with E-state index in [1.165, 1.54) is 6.20 Å². The molecule has 5 heteroatoms. The average molecular weight is 305 g/mol. The van der Waals surface area contributed by atoms with E-state index >= 15 is 0 Å². The third-order valence-electron chi connectivity index (χ3n) is 3.39. The first-order chi connectivity index (χ1) is 10.7. The van der Waals surface area contributed by atoms with Crippen LogP contribution in [-0.2, 0) is 0 Å². The molecule has 0 atom stereocenters. The number of hydrogen-bond acceptors (Lipinski definition) is 3. The molecule has 122 valence electrons. The van der Waals surface area contributed by atoms with Gasteiger partial charge in [0, 0.05) is 24.8 Å². The molecule has 0 radical (unpaired) electrons. The number of hydrogen-bond donors (Lipinski definition) is 2. The second kappa shape index (κ2) is 10.8. The number of carbonyl (C=O) groups excluding carboxylic acids is 2. The van der Waals surface area contributed by atoms with Crippen LogP contribution in [0.1, 0.15) is 73.2 Å². The predicted octanol–water partition coefficient (Wildman–Crippen LogP) is 2.92. The minimum atomic E-state index is -0.225. The van der Waals surface area contributed by atoms with E-state index in [-0.39, 0.29) is 17.5 Å². The number of aromatic nitrogens is 1. The van der Waals surface area contributed by atoms with E-state index in [0.717, 1.165) is 38.5 Å². The Balaban J connectivity index is 2.50. The van der Waals surface area contributed by atoms with Gasteiger partial charge in [-0.25, -0.2) is 0 Å². The van der Waals surface area contributed by atoms with Crippen LogP contribution in [0.4, 0.5) is 0 Å². The van der Waals surface area contributed by atoms with Crippen LogP contribution < -0.4 is 10.6 Å². The summed E-state index contributed by atoms with van der Waals surface area (Å²) < 4.78 is 0. The van der Waals surface area contributed by atoms with Crippen molar-refractivity contribution in [3.8, 4) is 0 Å². The monoisotopic (exact) mass is 305 g/mol. The highest BCUT2D eigenvalue weighted by Crippen LogP contribution is 2.03. The van der Waals surface area contributed by atoms with Crippen LogP contribution in [0.5, 0.6) is 0 Å². The van der Waals surface area contributed by atoms with Gasteiger partial charge in [-0.05, 0) is 25.0 Å². The van der Waals surface area contributed by atoms with Crippen molar-refractivity contribution in [2.75, 3.05) is 13.1 Å². The molecule has 1 rings (SSSR count). The van der Waals surface area contributed by atoms with Gasteiger partial charge in [0.15, 0.2) is 0 Å². The Hall–Kier alpha value is -1.91. The fraction of sp³-hybridized carbons (Fsp3) is 0.588. The van der Waals surface area contributed by atoms with Crippen molar-refractivity contribution in [3.63, 3.8) is 0 Å². The molecule has 0 aromatic carbocycles. The van der Waals surface area contributed by atoms with E-state index < -0.39 is 0 Å². The fourth-order valence-electron chi connectivity index (χ4n) is 2.04. The lowest BCUT2D eigenvalue weighted by Crippen LogP contribution is -2.27. The number of carbonyl (C=O) groups is 2. The van der Waals surface area contributed by atoms with Gasteiger partial charge in [0.25, 0.3) is 11.8 Å². The molecule has 22 heavy (non-hydrogen) atoms. The number of unbranched alkanes of at least 4 members (excludes halogenated alkanes) is 4. The van der Waals surface area contributed by atoms with Crippen molar-refractivity contribution in [2.45, 2.75) is 52.4 Å². The maximum absolute atomic E-state index is 12.0. The van der Waals surface area contributed by atoms with Crippen molar-refractivity contribution >= 4 is 11.8 Å². The molecule has 0 aliphatic heterocycles. The maximum Gasteiger partial charge on any atom is 0.269 e. The van der Waals surface area contributed by atoms with E-state index in [4.69, 9.17) is 0 Å². The molecule has 2 amide bonds. The lowest BCUT2D eigenvalue weighted by molar-refractivity contribution is 0.0948. The molecule has 1 aromatic heterocycles. The minimum Gasteiger partial charge on any atom is -0.352 e. The van der Waals surface area contributed by atoms with Crippen LogP contribution >= 0.6 is 0 Å². The topological polar surface area (TPSA) is 71.1 Å². The average Bonchev–Trinajstić information content (AvgIpc) is 2.55. The summed E-state index contributed by atoms with van der Waals surface area (Å²) in [4.78, 5) is 28.0. The van der Waals surface area contributed by atoms with Crippen molar-refractivity contribution in [1.29, 1.82) is 0 Å². The van der Waals surface area contributed by atoms with Crippen molar-refractivity contribution < 1.29 is 9.59 Å². The van der Waals surface area contributed by atoms with Crippen LogP contribution in [0.25, 0.3) is 0 Å². The summed E-state index contributed by atoms with van der Waals surface area (Å²) in [6.45, 7) is 5.54. The first kappa shape index (κ1) is 18.1. The van der Waals surface area contributed by atoms with E-state index in [1.54, 1.807) is 12.1 Å². The first-order valence-electron chi connectivity index (χ1n) is 8.21. The minimum absolute atomic E-state index is 0.154. The van der Waals surface area contributed by atoms with Gasteiger partial charge >= 0.3 is 0 Å². The fourth-order valence-corrected chi connectivity index (χ4v) is 2.04. The van der Waals surface area contributed by atoms with Crippen molar-refractivity contribution in [2.24, 2.45) is 0 Å². The lowest BCUT2D eigenvalue weighted by Gasteiger charge is -2.07. The molecule has 0 saturated carbocycles. The Labute approximate surface area is 132 Å². The standard InChI is InChI=1S/C17H27N3O2/c1-3-5-7-10-19-16(21)14-9-12-18-15(13-14)17(22)20-11-8-6-4-2/h9,12-13H,3-8,10-11H2,1-2H3,(H,19,21)(H,20,22). The summed E-state index contributed by atoms with van der Waals surface area (Å²) in [5.74, 6) is -0.379. The highest BCUT2D eigenvalue weighted by Gasteiger charge is 2.11. The molecule has 1 heterocycles. The van der Waals surface area contributed by atoms with Gasteiger partial charge in [-0.15, -0.1) is 0 Å². The number of amides is 2. The van der Waals surface area contributed by atoms with E-state index in [9.17, 15) is 9.59 Å². The smallest absolute Gasteiger partial charge is 0.269 e. The predicted molar refractivity (Wildman–Crippen MR) is 88.0 cm³/mol. The summed E-state index contributed by atoms with van der Waals surface area (Å²) in [6, 6.07) is 3.17. The third-order valence-corrected chi connectivity index (χ3v) is 3.39. The third kappa shape index (κ3) is 6.70. The first-order valence-corrected chi connectivity index (χ1v) is 8.21. The molecular formula is C17H27N3O2. The van der Waals surface area contributed by atoms with E-state index in [2.05, 4.69) is 29.5 Å². The molecule has 2 N–H and O–H groups in total. The molecule has 5 nitrogen and oxygen atoms in total.